The van der Waals surface area contributed by atoms with E-state index in [1.807, 2.05) is 49.4 Å². The monoisotopic (exact) mass is 572 g/mol. The quantitative estimate of drug-likeness (QED) is 0.185. The Hall–Kier alpha value is -5.77. The molecule has 6 rings (SSSR count). The van der Waals surface area contributed by atoms with Gasteiger partial charge in [-0.3, -0.25) is 19.4 Å². The maximum absolute atomic E-state index is 13.4. The Labute approximate surface area is 247 Å². The Morgan fingerprint density at radius 1 is 0.953 bits per heavy atom. The molecule has 2 aliphatic rings. The van der Waals surface area contributed by atoms with Gasteiger partial charge in [-0.2, -0.15) is 0 Å². The van der Waals surface area contributed by atoms with E-state index in [0.717, 1.165) is 16.0 Å². The first-order valence-electron chi connectivity index (χ1n) is 13.8. The van der Waals surface area contributed by atoms with Crippen molar-refractivity contribution in [3.8, 4) is 0 Å². The van der Waals surface area contributed by atoms with Crippen LogP contribution in [0.1, 0.15) is 45.6 Å². The summed E-state index contributed by atoms with van der Waals surface area (Å²) >= 11 is 0. The number of pyridine rings is 1. The van der Waals surface area contributed by atoms with E-state index in [2.05, 4.69) is 26.3 Å². The number of carbonyl (C=O) groups is 4. The Morgan fingerprint density at radius 2 is 1.79 bits per heavy atom. The number of hydrogen-bond donors (Lipinski definition) is 4. The van der Waals surface area contributed by atoms with Crippen LogP contribution in [0.4, 0.5) is 16.2 Å². The van der Waals surface area contributed by atoms with Crippen LogP contribution in [0.3, 0.4) is 0 Å². The molecule has 0 spiro atoms. The van der Waals surface area contributed by atoms with Crippen LogP contribution >= 0.6 is 0 Å². The highest BCUT2D eigenvalue weighted by Gasteiger charge is 2.31. The summed E-state index contributed by atoms with van der Waals surface area (Å²) in [5.74, 6) is -0.902. The fraction of sp³-hybridized carbons (Fsp3) is 0.121. The van der Waals surface area contributed by atoms with Crippen LogP contribution in [0.15, 0.2) is 97.3 Å². The molecule has 1 fully saturated rings. The minimum Gasteiger partial charge on any atom is -0.380 e. The lowest BCUT2D eigenvalue weighted by atomic mass is 9.98. The third-order valence-electron chi connectivity index (χ3n) is 7.36. The average molecular weight is 573 g/mol. The van der Waals surface area contributed by atoms with E-state index < -0.39 is 6.03 Å². The highest BCUT2D eigenvalue weighted by Crippen LogP contribution is 2.37. The van der Waals surface area contributed by atoms with Gasteiger partial charge < -0.3 is 21.3 Å². The molecule has 1 saturated heterocycles. The highest BCUT2D eigenvalue weighted by molar-refractivity contribution is 6.36. The van der Waals surface area contributed by atoms with Crippen molar-refractivity contribution >= 4 is 46.4 Å². The molecule has 10 heteroatoms. The molecule has 43 heavy (non-hydrogen) atoms. The molecular formula is C33H28N6O4. The number of nitrogens with zero attached hydrogens (tertiary/aromatic N) is 2. The van der Waals surface area contributed by atoms with Crippen LogP contribution in [0.2, 0.25) is 0 Å². The maximum Gasteiger partial charge on any atom is 0.329 e. The molecule has 1 aromatic heterocycles. The average Bonchev–Trinajstić information content (AvgIpc) is 3.54. The van der Waals surface area contributed by atoms with Gasteiger partial charge in [-0.1, -0.05) is 42.5 Å². The molecule has 10 nitrogen and oxygen atoms in total. The van der Waals surface area contributed by atoms with E-state index in [0.29, 0.717) is 39.3 Å². The summed E-state index contributed by atoms with van der Waals surface area (Å²) in [6, 6.07) is 24.8. The summed E-state index contributed by atoms with van der Waals surface area (Å²) in [5, 5.41) is 11.8. The number of carbonyl (C=O) groups excluding carboxylic acids is 4. The molecule has 4 N–H and O–H groups in total. The summed E-state index contributed by atoms with van der Waals surface area (Å²) in [7, 11) is 0. The van der Waals surface area contributed by atoms with Gasteiger partial charge in [0.05, 0.1) is 29.5 Å². The molecule has 2 aliphatic heterocycles. The molecular weight excluding hydrogens is 544 g/mol. The van der Waals surface area contributed by atoms with Gasteiger partial charge in [0.2, 0.25) is 0 Å². The first-order chi connectivity index (χ1) is 20.9. The van der Waals surface area contributed by atoms with E-state index >= 15 is 0 Å². The Kier molecular flexibility index (Phi) is 7.40. The molecule has 5 amide bonds. The van der Waals surface area contributed by atoms with Gasteiger partial charge in [0.25, 0.3) is 17.7 Å². The third kappa shape index (κ3) is 5.58. The lowest BCUT2D eigenvalue weighted by Gasteiger charge is -2.17. The number of aromatic nitrogens is 1. The van der Waals surface area contributed by atoms with E-state index in [-0.39, 0.29) is 36.9 Å². The van der Waals surface area contributed by atoms with Crippen LogP contribution < -0.4 is 26.2 Å². The van der Waals surface area contributed by atoms with Crippen molar-refractivity contribution in [2.45, 2.75) is 19.5 Å². The highest BCUT2D eigenvalue weighted by atomic mass is 16.2. The Balaban J connectivity index is 1.32. The minimum atomic E-state index is -0.467. The normalized spacial score (nSPS) is 15.8. The number of urea groups is 1. The molecule has 0 aliphatic carbocycles. The number of hydrogen-bond acceptors (Lipinski definition) is 6. The van der Waals surface area contributed by atoms with Crippen molar-refractivity contribution in [1.29, 1.82) is 0 Å². The van der Waals surface area contributed by atoms with Gasteiger partial charge in [0, 0.05) is 41.3 Å². The third-order valence-corrected chi connectivity index (χ3v) is 7.36. The molecule has 214 valence electrons. The summed E-state index contributed by atoms with van der Waals surface area (Å²) < 4.78 is 0. The zero-order valence-electron chi connectivity index (χ0n) is 23.3. The van der Waals surface area contributed by atoms with Gasteiger partial charge in [-0.15, -0.1) is 0 Å². The van der Waals surface area contributed by atoms with Gasteiger partial charge in [-0.25, -0.2) is 9.69 Å². The van der Waals surface area contributed by atoms with Crippen LogP contribution in [0, 0.1) is 0 Å². The number of amides is 5. The van der Waals surface area contributed by atoms with E-state index in [4.69, 9.17) is 0 Å². The van der Waals surface area contributed by atoms with Crippen LogP contribution in [0.5, 0.6) is 0 Å². The van der Waals surface area contributed by atoms with Crippen molar-refractivity contribution in [1.82, 2.24) is 20.9 Å². The van der Waals surface area contributed by atoms with Crippen LogP contribution in [-0.4, -0.2) is 35.3 Å². The van der Waals surface area contributed by atoms with Gasteiger partial charge >= 0.3 is 6.03 Å². The fourth-order valence-electron chi connectivity index (χ4n) is 5.19. The van der Waals surface area contributed by atoms with Gasteiger partial charge in [0.15, 0.2) is 0 Å². The molecule has 0 bridgehead atoms. The van der Waals surface area contributed by atoms with Crippen molar-refractivity contribution in [2.24, 2.45) is 0 Å². The summed E-state index contributed by atoms with van der Waals surface area (Å²) in [5.41, 5.74) is 5.41. The molecule has 0 unspecified atom stereocenters. The van der Waals surface area contributed by atoms with Gasteiger partial charge in [-0.05, 0) is 60.5 Å². The van der Waals surface area contributed by atoms with E-state index in [9.17, 15) is 19.2 Å². The summed E-state index contributed by atoms with van der Waals surface area (Å²) in [6.45, 7) is 2.16. The second kappa shape index (κ2) is 11.6. The number of fused-ring (bicyclic) bond motifs is 1. The number of anilines is 2. The largest absolute Gasteiger partial charge is 0.380 e. The standard InChI is InChI=1S/C33H28N6O4/c1-20(22-8-3-2-4-9-22)37-31(41)23-12-13-27-26(16-23)29(32(42)38-27)30(24-10-6-14-34-18-24)35-17-21-7-5-11-25(15-21)39-28(40)19-36-33(39)43/h2-16,18,20,35H,17,19H2,1H3,(H,36,43)(H,37,41)(H,38,42)/b30-29-/t20-/m1/s1. The Morgan fingerprint density at radius 3 is 2.53 bits per heavy atom. The summed E-state index contributed by atoms with van der Waals surface area (Å²) in [4.78, 5) is 56.4. The number of imide groups is 1. The molecule has 4 aromatic rings. The number of benzene rings is 3. The van der Waals surface area contributed by atoms with Crippen molar-refractivity contribution in [3.63, 3.8) is 0 Å². The van der Waals surface area contributed by atoms with E-state index in [1.54, 1.807) is 54.9 Å². The molecule has 0 radical (unpaired) electrons. The lowest BCUT2D eigenvalue weighted by Crippen LogP contribution is -2.30. The lowest BCUT2D eigenvalue weighted by molar-refractivity contribution is -0.116. The maximum atomic E-state index is 13.4. The first kappa shape index (κ1) is 27.4. The van der Waals surface area contributed by atoms with Crippen molar-refractivity contribution < 1.29 is 19.2 Å². The second-order valence-electron chi connectivity index (χ2n) is 10.2. The van der Waals surface area contributed by atoms with Crippen molar-refractivity contribution in [2.75, 3.05) is 16.8 Å². The second-order valence-corrected chi connectivity index (χ2v) is 10.2. The zero-order chi connectivity index (χ0) is 29.9. The zero-order valence-corrected chi connectivity index (χ0v) is 23.3. The Bertz CT molecular complexity index is 1750. The first-order valence-corrected chi connectivity index (χ1v) is 13.8. The van der Waals surface area contributed by atoms with Gasteiger partial charge in [0.1, 0.15) is 0 Å². The van der Waals surface area contributed by atoms with Crippen molar-refractivity contribution in [3.05, 3.63) is 125 Å². The SMILES string of the molecule is C[C@@H](NC(=O)c1ccc2c(c1)/C(=C(/NCc1cccc(N3C(=O)CNC3=O)c1)c1cccnc1)C(=O)N2)c1ccccc1. The smallest absolute Gasteiger partial charge is 0.329 e. The number of rotatable bonds is 8. The summed E-state index contributed by atoms with van der Waals surface area (Å²) in [6.07, 6.45) is 3.30. The number of nitrogens with one attached hydrogen (secondary N) is 4. The molecule has 1 atom stereocenters. The fourth-order valence-corrected chi connectivity index (χ4v) is 5.19. The van der Waals surface area contributed by atoms with E-state index in [1.165, 1.54) is 0 Å². The predicted molar refractivity (Wildman–Crippen MR) is 163 cm³/mol. The predicted octanol–water partition coefficient (Wildman–Crippen LogP) is 4.24. The van der Waals surface area contributed by atoms with Crippen LogP contribution in [-0.2, 0) is 16.1 Å². The minimum absolute atomic E-state index is 0.0434. The molecule has 3 aromatic carbocycles. The molecule has 3 heterocycles. The topological polar surface area (TPSA) is 133 Å². The van der Waals surface area contributed by atoms with Crippen LogP contribution in [0.25, 0.3) is 11.3 Å². The molecule has 0 saturated carbocycles.